The lowest BCUT2D eigenvalue weighted by Crippen LogP contribution is -1.87. The lowest BCUT2D eigenvalue weighted by Gasteiger charge is -1.82. The first-order valence-corrected chi connectivity index (χ1v) is 3.88. The number of hydrogen-bond donors (Lipinski definition) is 0. The summed E-state index contributed by atoms with van der Waals surface area (Å²) in [5.41, 5.74) is 1.04. The van der Waals surface area contributed by atoms with Gasteiger partial charge in [-0.05, 0) is 28.4 Å². The van der Waals surface area contributed by atoms with Crippen molar-refractivity contribution in [1.82, 2.24) is 0 Å². The van der Waals surface area contributed by atoms with Crippen LogP contribution in [-0.2, 0) is 6.42 Å². The van der Waals surface area contributed by atoms with Gasteiger partial charge in [-0.2, -0.15) is 0 Å². The standard InChI is InChI=1S/C7H5BrO2/c8-6-3-4-1-2-5(9)7(4)10-6/h3H,1-2H2. The third kappa shape index (κ3) is 0.736. The van der Waals surface area contributed by atoms with Crippen LogP contribution in [0.2, 0.25) is 0 Å². The van der Waals surface area contributed by atoms with Gasteiger partial charge in [-0.3, -0.25) is 4.79 Å². The zero-order valence-corrected chi connectivity index (χ0v) is 6.77. The molecular formula is C7H5BrO2. The van der Waals surface area contributed by atoms with Gasteiger partial charge < -0.3 is 4.42 Å². The van der Waals surface area contributed by atoms with E-state index in [1.54, 1.807) is 0 Å². The molecule has 0 amide bonds. The summed E-state index contributed by atoms with van der Waals surface area (Å²) in [4.78, 5) is 11.0. The number of aryl methyl sites for hydroxylation is 1. The minimum absolute atomic E-state index is 0.126. The summed E-state index contributed by atoms with van der Waals surface area (Å²) < 4.78 is 5.76. The Morgan fingerprint density at radius 2 is 2.30 bits per heavy atom. The molecule has 0 saturated heterocycles. The van der Waals surface area contributed by atoms with Crippen molar-refractivity contribution < 1.29 is 9.21 Å². The largest absolute Gasteiger partial charge is 0.446 e. The van der Waals surface area contributed by atoms with E-state index in [2.05, 4.69) is 15.9 Å². The number of carbonyl (C=O) groups is 1. The molecule has 0 atom stereocenters. The van der Waals surface area contributed by atoms with Crippen molar-refractivity contribution in [2.75, 3.05) is 0 Å². The lowest BCUT2D eigenvalue weighted by atomic mass is 10.3. The van der Waals surface area contributed by atoms with Gasteiger partial charge in [0.2, 0.25) is 0 Å². The Hall–Kier alpha value is -0.570. The smallest absolute Gasteiger partial charge is 0.198 e. The molecule has 0 fully saturated rings. The van der Waals surface area contributed by atoms with Crippen LogP contribution in [0.1, 0.15) is 22.5 Å². The molecular weight excluding hydrogens is 196 g/mol. The Morgan fingerprint density at radius 3 is 3.00 bits per heavy atom. The van der Waals surface area contributed by atoms with Gasteiger partial charge in [-0.15, -0.1) is 0 Å². The summed E-state index contributed by atoms with van der Waals surface area (Å²) in [6.45, 7) is 0. The molecule has 0 unspecified atom stereocenters. The molecule has 0 N–H and O–H groups in total. The van der Waals surface area contributed by atoms with Crippen LogP contribution < -0.4 is 0 Å². The van der Waals surface area contributed by atoms with E-state index < -0.39 is 0 Å². The Labute approximate surface area is 66.3 Å². The molecule has 1 aromatic rings. The number of Topliss-reactive ketones (excluding diaryl/α,β-unsaturated/α-hetero) is 1. The Morgan fingerprint density at radius 1 is 1.50 bits per heavy atom. The fourth-order valence-electron chi connectivity index (χ4n) is 1.18. The minimum Gasteiger partial charge on any atom is -0.446 e. The molecule has 1 aliphatic carbocycles. The molecule has 0 radical (unpaired) electrons. The van der Waals surface area contributed by atoms with E-state index in [1.807, 2.05) is 6.07 Å². The maximum Gasteiger partial charge on any atom is 0.198 e. The molecule has 0 saturated carbocycles. The van der Waals surface area contributed by atoms with Crippen LogP contribution in [0.25, 0.3) is 0 Å². The second-order valence-corrected chi connectivity index (χ2v) is 3.11. The first-order valence-electron chi connectivity index (χ1n) is 3.09. The molecule has 1 heterocycles. The first-order chi connectivity index (χ1) is 4.77. The summed E-state index contributed by atoms with van der Waals surface area (Å²) in [6, 6.07) is 1.86. The third-order valence-corrected chi connectivity index (χ3v) is 2.04. The number of furan rings is 1. The molecule has 0 aromatic carbocycles. The SMILES string of the molecule is O=C1CCc2cc(Br)oc21. The Kier molecular flexibility index (Phi) is 1.20. The van der Waals surface area contributed by atoms with E-state index in [0.29, 0.717) is 16.9 Å². The summed E-state index contributed by atoms with van der Waals surface area (Å²) in [5, 5.41) is 0. The molecule has 0 spiro atoms. The van der Waals surface area contributed by atoms with Crippen molar-refractivity contribution in [3.8, 4) is 0 Å². The monoisotopic (exact) mass is 200 g/mol. The predicted octanol–water partition coefficient (Wildman–Crippen LogP) is 2.17. The Balaban J connectivity index is 2.59. The molecule has 10 heavy (non-hydrogen) atoms. The van der Waals surface area contributed by atoms with Gasteiger partial charge >= 0.3 is 0 Å². The highest BCUT2D eigenvalue weighted by atomic mass is 79.9. The molecule has 0 bridgehead atoms. The van der Waals surface area contributed by atoms with Crippen LogP contribution in [0.15, 0.2) is 15.2 Å². The number of ketones is 1. The maximum atomic E-state index is 11.0. The zero-order chi connectivity index (χ0) is 7.14. The van der Waals surface area contributed by atoms with Gasteiger partial charge in [0.15, 0.2) is 16.2 Å². The number of halogens is 1. The average Bonchev–Trinajstić information content (AvgIpc) is 2.35. The quantitative estimate of drug-likeness (QED) is 0.643. The van der Waals surface area contributed by atoms with Gasteiger partial charge in [-0.1, -0.05) is 0 Å². The van der Waals surface area contributed by atoms with E-state index in [1.165, 1.54) is 0 Å². The van der Waals surface area contributed by atoms with E-state index in [0.717, 1.165) is 12.0 Å². The lowest BCUT2D eigenvalue weighted by molar-refractivity contribution is 0.0968. The first kappa shape index (κ1) is 6.16. The van der Waals surface area contributed by atoms with Crippen molar-refractivity contribution >= 4 is 21.7 Å². The Bertz CT molecular complexity index is 288. The molecule has 3 heteroatoms. The second-order valence-electron chi connectivity index (χ2n) is 2.33. The van der Waals surface area contributed by atoms with Gasteiger partial charge in [0, 0.05) is 12.0 Å². The fraction of sp³-hybridized carbons (Fsp3) is 0.286. The van der Waals surface area contributed by atoms with E-state index in [4.69, 9.17) is 4.42 Å². The minimum atomic E-state index is 0.126. The highest BCUT2D eigenvalue weighted by Crippen LogP contribution is 2.27. The topological polar surface area (TPSA) is 30.2 Å². The molecule has 1 aromatic heterocycles. The van der Waals surface area contributed by atoms with Crippen LogP contribution in [0.3, 0.4) is 0 Å². The van der Waals surface area contributed by atoms with Crippen molar-refractivity contribution in [2.45, 2.75) is 12.8 Å². The fourth-order valence-corrected chi connectivity index (χ4v) is 1.62. The number of hydrogen-bond acceptors (Lipinski definition) is 2. The van der Waals surface area contributed by atoms with Gasteiger partial charge in [0.1, 0.15) is 0 Å². The molecule has 0 aliphatic heterocycles. The normalized spacial score (nSPS) is 15.9. The summed E-state index contributed by atoms with van der Waals surface area (Å²) in [5.74, 6) is 0.674. The van der Waals surface area contributed by atoms with Crippen molar-refractivity contribution in [2.24, 2.45) is 0 Å². The number of fused-ring (bicyclic) bond motifs is 1. The van der Waals surface area contributed by atoms with Crippen LogP contribution >= 0.6 is 15.9 Å². The van der Waals surface area contributed by atoms with Crippen LogP contribution in [0, 0.1) is 0 Å². The van der Waals surface area contributed by atoms with Crippen molar-refractivity contribution in [3.05, 3.63) is 22.1 Å². The highest BCUT2D eigenvalue weighted by Gasteiger charge is 2.23. The average molecular weight is 201 g/mol. The van der Waals surface area contributed by atoms with Crippen molar-refractivity contribution in [1.29, 1.82) is 0 Å². The van der Waals surface area contributed by atoms with Gasteiger partial charge in [-0.25, -0.2) is 0 Å². The van der Waals surface area contributed by atoms with Crippen LogP contribution in [0.4, 0.5) is 0 Å². The summed E-state index contributed by atoms with van der Waals surface area (Å²) in [6.07, 6.45) is 1.45. The third-order valence-electron chi connectivity index (χ3n) is 1.65. The number of carbonyl (C=O) groups excluding carboxylic acids is 1. The summed E-state index contributed by atoms with van der Waals surface area (Å²) >= 11 is 3.17. The van der Waals surface area contributed by atoms with Crippen LogP contribution in [-0.4, -0.2) is 5.78 Å². The molecule has 2 rings (SSSR count). The molecule has 2 nitrogen and oxygen atoms in total. The number of rotatable bonds is 0. The maximum absolute atomic E-state index is 11.0. The highest BCUT2D eigenvalue weighted by molar-refractivity contribution is 9.10. The summed E-state index contributed by atoms with van der Waals surface area (Å²) in [7, 11) is 0. The molecule has 1 aliphatic rings. The molecule has 52 valence electrons. The van der Waals surface area contributed by atoms with Crippen LogP contribution in [0.5, 0.6) is 0 Å². The van der Waals surface area contributed by atoms with E-state index in [9.17, 15) is 4.79 Å². The predicted molar refractivity (Wildman–Crippen MR) is 39.1 cm³/mol. The van der Waals surface area contributed by atoms with E-state index in [-0.39, 0.29) is 5.78 Å². The van der Waals surface area contributed by atoms with Gasteiger partial charge in [0.05, 0.1) is 0 Å². The van der Waals surface area contributed by atoms with Gasteiger partial charge in [0.25, 0.3) is 0 Å². The second kappa shape index (κ2) is 1.95. The van der Waals surface area contributed by atoms with E-state index >= 15 is 0 Å². The zero-order valence-electron chi connectivity index (χ0n) is 5.19. The van der Waals surface area contributed by atoms with Crippen molar-refractivity contribution in [3.63, 3.8) is 0 Å².